The van der Waals surface area contributed by atoms with Gasteiger partial charge in [0.1, 0.15) is 11.5 Å². The van der Waals surface area contributed by atoms with Gasteiger partial charge in [-0.25, -0.2) is 9.97 Å². The molecule has 2 rings (SSSR count). The molecule has 1 aliphatic heterocycles. The number of nitrogens with one attached hydrogen (secondary N) is 2. The quantitative estimate of drug-likeness (QED) is 0.769. The van der Waals surface area contributed by atoms with Crippen molar-refractivity contribution in [2.24, 2.45) is 0 Å². The molecule has 104 valence electrons. The fraction of sp³-hybridized carbons (Fsp3) is 0.583. The molecule has 0 aliphatic carbocycles. The average molecular weight is 265 g/mol. The zero-order valence-electron chi connectivity index (χ0n) is 11.2. The number of aromatic nitrogens is 2. The monoisotopic (exact) mass is 265 g/mol. The predicted octanol–water partition coefficient (Wildman–Crippen LogP) is -0.421. The van der Waals surface area contributed by atoms with Crippen LogP contribution in [0.5, 0.6) is 0 Å². The topological polar surface area (TPSA) is 79.4 Å². The second-order valence-corrected chi connectivity index (χ2v) is 4.50. The third kappa shape index (κ3) is 3.87. The second-order valence-electron chi connectivity index (χ2n) is 4.50. The lowest BCUT2D eigenvalue weighted by molar-refractivity contribution is -0.0175. The number of morpholine rings is 1. The molecule has 0 bridgehead atoms. The molecule has 0 saturated carbocycles. The van der Waals surface area contributed by atoms with Gasteiger partial charge in [-0.15, -0.1) is 0 Å². The minimum Gasteiger partial charge on any atom is -0.374 e. The van der Waals surface area contributed by atoms with Gasteiger partial charge in [0, 0.05) is 26.7 Å². The van der Waals surface area contributed by atoms with E-state index in [9.17, 15) is 4.79 Å². The fourth-order valence-electron chi connectivity index (χ4n) is 1.86. The van der Waals surface area contributed by atoms with E-state index in [4.69, 9.17) is 4.74 Å². The highest BCUT2D eigenvalue weighted by Gasteiger charge is 2.18. The Morgan fingerprint density at radius 3 is 3.00 bits per heavy atom. The molecular formula is C12H19N5O2. The molecule has 1 fully saturated rings. The highest BCUT2D eigenvalue weighted by atomic mass is 16.5. The third-order valence-electron chi connectivity index (χ3n) is 2.97. The number of likely N-dealkylation sites (N-methyl/N-ethyl adjacent to an activating group) is 1. The zero-order chi connectivity index (χ0) is 13.7. The van der Waals surface area contributed by atoms with Crippen LogP contribution in [0.2, 0.25) is 0 Å². The molecule has 1 aromatic heterocycles. The molecule has 1 amide bonds. The molecule has 7 nitrogen and oxygen atoms in total. The van der Waals surface area contributed by atoms with E-state index >= 15 is 0 Å². The van der Waals surface area contributed by atoms with Crippen molar-refractivity contribution < 1.29 is 9.53 Å². The van der Waals surface area contributed by atoms with Crippen molar-refractivity contribution >= 4 is 11.7 Å². The van der Waals surface area contributed by atoms with Gasteiger partial charge in [0.25, 0.3) is 5.91 Å². The molecule has 2 N–H and O–H groups in total. The Kier molecular flexibility index (Phi) is 4.64. The highest BCUT2D eigenvalue weighted by molar-refractivity contribution is 5.92. The molecule has 0 radical (unpaired) electrons. The Bertz CT molecular complexity index is 423. The fourth-order valence-corrected chi connectivity index (χ4v) is 1.86. The summed E-state index contributed by atoms with van der Waals surface area (Å²) in [6.45, 7) is 2.94. The summed E-state index contributed by atoms with van der Waals surface area (Å²) in [6, 6.07) is 0. The lowest BCUT2D eigenvalue weighted by Gasteiger charge is -2.30. The highest BCUT2D eigenvalue weighted by Crippen LogP contribution is 2.03. The van der Waals surface area contributed by atoms with E-state index in [0.29, 0.717) is 24.7 Å². The Labute approximate surface area is 112 Å². The molecule has 0 spiro atoms. The van der Waals surface area contributed by atoms with Gasteiger partial charge in [-0.05, 0) is 7.05 Å². The average Bonchev–Trinajstić information content (AvgIpc) is 2.45. The first-order valence-corrected chi connectivity index (χ1v) is 6.27. The maximum atomic E-state index is 11.9. The molecular weight excluding hydrogens is 246 g/mol. The summed E-state index contributed by atoms with van der Waals surface area (Å²) >= 11 is 0. The maximum absolute atomic E-state index is 11.9. The first kappa shape index (κ1) is 13.7. The number of anilines is 1. The Morgan fingerprint density at radius 1 is 1.53 bits per heavy atom. The van der Waals surface area contributed by atoms with Crippen LogP contribution in [0.3, 0.4) is 0 Å². The molecule has 1 aromatic rings. The van der Waals surface area contributed by atoms with Crippen LogP contribution in [0.15, 0.2) is 12.4 Å². The summed E-state index contributed by atoms with van der Waals surface area (Å²) in [5.41, 5.74) is 0.308. The minimum atomic E-state index is -0.230. The molecule has 1 atom stereocenters. The summed E-state index contributed by atoms with van der Waals surface area (Å²) < 4.78 is 5.57. The SMILES string of the molecule is CNc1cnc(C(=O)NCC2CN(C)CCO2)cn1. The van der Waals surface area contributed by atoms with Gasteiger partial charge in [0.15, 0.2) is 0 Å². The van der Waals surface area contributed by atoms with Gasteiger partial charge in [-0.3, -0.25) is 4.79 Å². The van der Waals surface area contributed by atoms with Gasteiger partial charge in [-0.2, -0.15) is 0 Å². The van der Waals surface area contributed by atoms with Crippen molar-refractivity contribution in [1.82, 2.24) is 20.2 Å². The smallest absolute Gasteiger partial charge is 0.271 e. The molecule has 1 unspecified atom stereocenters. The van der Waals surface area contributed by atoms with Crippen LogP contribution in [0, 0.1) is 0 Å². The van der Waals surface area contributed by atoms with E-state index in [1.165, 1.54) is 12.4 Å². The minimum absolute atomic E-state index is 0.0345. The summed E-state index contributed by atoms with van der Waals surface area (Å²) in [4.78, 5) is 22.1. The molecule has 1 aliphatic rings. The normalized spacial score (nSPS) is 20.0. The van der Waals surface area contributed by atoms with Crippen molar-refractivity contribution in [3.8, 4) is 0 Å². The maximum Gasteiger partial charge on any atom is 0.271 e. The van der Waals surface area contributed by atoms with Crippen LogP contribution < -0.4 is 10.6 Å². The Morgan fingerprint density at radius 2 is 2.37 bits per heavy atom. The molecule has 0 aromatic carbocycles. The molecule has 2 heterocycles. The van der Waals surface area contributed by atoms with Crippen LogP contribution in [0.25, 0.3) is 0 Å². The van der Waals surface area contributed by atoms with E-state index in [2.05, 4.69) is 25.5 Å². The van der Waals surface area contributed by atoms with Crippen molar-refractivity contribution in [1.29, 1.82) is 0 Å². The number of amides is 1. The van der Waals surface area contributed by atoms with Gasteiger partial charge in [-0.1, -0.05) is 0 Å². The molecule has 7 heteroatoms. The summed E-state index contributed by atoms with van der Waals surface area (Å²) in [7, 11) is 3.79. The second kappa shape index (κ2) is 6.44. The van der Waals surface area contributed by atoms with E-state index in [1.54, 1.807) is 7.05 Å². The van der Waals surface area contributed by atoms with E-state index in [0.717, 1.165) is 13.1 Å². The molecule has 19 heavy (non-hydrogen) atoms. The van der Waals surface area contributed by atoms with Crippen molar-refractivity contribution in [3.63, 3.8) is 0 Å². The largest absolute Gasteiger partial charge is 0.374 e. The van der Waals surface area contributed by atoms with Crippen LogP contribution in [0.1, 0.15) is 10.5 Å². The van der Waals surface area contributed by atoms with Crippen LogP contribution >= 0.6 is 0 Å². The van der Waals surface area contributed by atoms with E-state index in [-0.39, 0.29) is 12.0 Å². The zero-order valence-corrected chi connectivity index (χ0v) is 11.2. The van der Waals surface area contributed by atoms with Gasteiger partial charge < -0.3 is 20.3 Å². The number of rotatable bonds is 4. The Hall–Kier alpha value is -1.73. The van der Waals surface area contributed by atoms with Gasteiger partial charge >= 0.3 is 0 Å². The molecule has 1 saturated heterocycles. The number of ether oxygens (including phenoxy) is 1. The van der Waals surface area contributed by atoms with E-state index in [1.807, 2.05) is 7.05 Å². The van der Waals surface area contributed by atoms with Crippen molar-refractivity contribution in [2.75, 3.05) is 45.7 Å². The van der Waals surface area contributed by atoms with Gasteiger partial charge in [0.2, 0.25) is 0 Å². The summed E-state index contributed by atoms with van der Waals surface area (Å²) in [5.74, 6) is 0.403. The number of hydrogen-bond acceptors (Lipinski definition) is 6. The number of carbonyl (C=O) groups is 1. The van der Waals surface area contributed by atoms with Crippen LogP contribution in [-0.2, 0) is 4.74 Å². The van der Waals surface area contributed by atoms with Crippen molar-refractivity contribution in [2.45, 2.75) is 6.10 Å². The number of carbonyl (C=O) groups excluding carboxylic acids is 1. The first-order valence-electron chi connectivity index (χ1n) is 6.27. The lowest BCUT2D eigenvalue weighted by atomic mass is 10.2. The Balaban J connectivity index is 1.83. The lowest BCUT2D eigenvalue weighted by Crippen LogP contribution is -2.46. The number of hydrogen-bond donors (Lipinski definition) is 2. The van der Waals surface area contributed by atoms with Crippen molar-refractivity contribution in [3.05, 3.63) is 18.1 Å². The van der Waals surface area contributed by atoms with Gasteiger partial charge in [0.05, 0.1) is 25.1 Å². The van der Waals surface area contributed by atoms with Crippen LogP contribution in [0.4, 0.5) is 5.82 Å². The standard InChI is InChI=1S/C12H19N5O2/c1-13-11-7-14-10(6-15-11)12(18)16-5-9-8-17(2)3-4-19-9/h6-7,9H,3-5,8H2,1-2H3,(H,13,15)(H,16,18). The number of nitrogens with zero attached hydrogens (tertiary/aromatic N) is 3. The van der Waals surface area contributed by atoms with E-state index < -0.39 is 0 Å². The predicted molar refractivity (Wildman–Crippen MR) is 71.1 cm³/mol. The summed E-state index contributed by atoms with van der Waals surface area (Å²) in [6.07, 6.45) is 3.02. The van der Waals surface area contributed by atoms with Crippen LogP contribution in [-0.4, -0.2) is 67.2 Å². The summed E-state index contributed by atoms with van der Waals surface area (Å²) in [5, 5.41) is 5.66. The first-order chi connectivity index (χ1) is 9.19. The third-order valence-corrected chi connectivity index (χ3v) is 2.97.